The van der Waals surface area contributed by atoms with Crippen LogP contribution in [0.25, 0.3) is 10.1 Å². The van der Waals surface area contributed by atoms with Crippen LogP contribution in [0.3, 0.4) is 0 Å². The predicted molar refractivity (Wildman–Crippen MR) is 56.1 cm³/mol. The zero-order valence-electron chi connectivity index (χ0n) is 6.50. The normalized spacial score (nSPS) is 10.5. The minimum Gasteiger partial charge on any atom is -0.495 e. The first-order chi connectivity index (χ1) is 5.83. The van der Waals surface area contributed by atoms with E-state index in [0.29, 0.717) is 0 Å². The van der Waals surface area contributed by atoms with Gasteiger partial charge in [0.1, 0.15) is 5.75 Å². The van der Waals surface area contributed by atoms with Crippen LogP contribution in [-0.2, 0) is 0 Å². The van der Waals surface area contributed by atoms with E-state index >= 15 is 0 Å². The first-order valence-electron chi connectivity index (χ1n) is 3.52. The lowest BCUT2D eigenvalue weighted by atomic mass is 10.2. The molecule has 0 aliphatic carbocycles. The molecule has 0 fully saturated rings. The van der Waals surface area contributed by atoms with Gasteiger partial charge in [-0.2, -0.15) is 0 Å². The fourth-order valence-electron chi connectivity index (χ4n) is 1.16. The van der Waals surface area contributed by atoms with Gasteiger partial charge in [-0.05, 0) is 23.6 Å². The second-order valence-electron chi connectivity index (χ2n) is 2.41. The Kier molecular flexibility index (Phi) is 2.07. The van der Waals surface area contributed by atoms with Gasteiger partial charge in [0, 0.05) is 9.86 Å². The Morgan fingerprint density at radius 1 is 1.33 bits per heavy atom. The third-order valence-corrected chi connectivity index (χ3v) is 3.37. The van der Waals surface area contributed by atoms with E-state index in [4.69, 9.17) is 4.74 Å². The van der Waals surface area contributed by atoms with Crippen molar-refractivity contribution in [1.29, 1.82) is 0 Å². The number of fused-ring (bicyclic) bond motifs is 1. The Bertz CT molecular complexity index is 408. The van der Waals surface area contributed by atoms with Crippen molar-refractivity contribution >= 4 is 37.4 Å². The third kappa shape index (κ3) is 1.13. The van der Waals surface area contributed by atoms with Crippen LogP contribution >= 0.6 is 27.3 Å². The number of hydrogen-bond acceptors (Lipinski definition) is 2. The molecule has 1 aromatic carbocycles. The summed E-state index contributed by atoms with van der Waals surface area (Å²) >= 11 is 5.19. The van der Waals surface area contributed by atoms with Crippen molar-refractivity contribution in [3.63, 3.8) is 0 Å². The van der Waals surface area contributed by atoms with Gasteiger partial charge in [0.25, 0.3) is 0 Å². The Morgan fingerprint density at radius 2 is 2.17 bits per heavy atom. The zero-order chi connectivity index (χ0) is 8.55. The van der Waals surface area contributed by atoms with Crippen LogP contribution in [0.4, 0.5) is 0 Å². The fourth-order valence-corrected chi connectivity index (χ4v) is 2.67. The van der Waals surface area contributed by atoms with E-state index in [2.05, 4.69) is 27.4 Å². The highest BCUT2D eigenvalue weighted by Crippen LogP contribution is 2.35. The van der Waals surface area contributed by atoms with Crippen molar-refractivity contribution in [3.8, 4) is 5.75 Å². The van der Waals surface area contributed by atoms with Gasteiger partial charge >= 0.3 is 0 Å². The number of benzene rings is 1. The number of methoxy groups -OCH3 is 1. The lowest BCUT2D eigenvalue weighted by Gasteiger charge is -2.01. The van der Waals surface area contributed by atoms with Crippen LogP contribution in [-0.4, -0.2) is 7.11 Å². The number of ether oxygens (including phenoxy) is 1. The molecule has 1 aromatic heterocycles. The average molecular weight is 243 g/mol. The summed E-state index contributed by atoms with van der Waals surface area (Å²) in [4.78, 5) is 0. The molecule has 62 valence electrons. The van der Waals surface area contributed by atoms with Crippen LogP contribution in [0.2, 0.25) is 0 Å². The van der Waals surface area contributed by atoms with Gasteiger partial charge in [-0.1, -0.05) is 15.9 Å². The molecule has 0 N–H and O–H groups in total. The maximum atomic E-state index is 5.23. The zero-order valence-corrected chi connectivity index (χ0v) is 8.91. The molecular formula is C9H7BrOS. The molecule has 0 saturated carbocycles. The highest BCUT2D eigenvalue weighted by molar-refractivity contribution is 9.10. The summed E-state index contributed by atoms with van der Waals surface area (Å²) in [6.07, 6.45) is 0. The molecule has 0 bridgehead atoms. The van der Waals surface area contributed by atoms with Crippen LogP contribution in [0.5, 0.6) is 5.75 Å². The van der Waals surface area contributed by atoms with E-state index < -0.39 is 0 Å². The molecule has 0 saturated heterocycles. The fraction of sp³-hybridized carbons (Fsp3) is 0.111. The third-order valence-electron chi connectivity index (χ3n) is 1.75. The van der Waals surface area contributed by atoms with Crippen molar-refractivity contribution in [3.05, 3.63) is 28.1 Å². The summed E-state index contributed by atoms with van der Waals surface area (Å²) in [5.74, 6) is 0.947. The molecule has 1 nitrogen and oxygen atoms in total. The first kappa shape index (κ1) is 8.08. The van der Waals surface area contributed by atoms with E-state index in [1.54, 1.807) is 18.4 Å². The summed E-state index contributed by atoms with van der Waals surface area (Å²) in [7, 11) is 1.70. The van der Waals surface area contributed by atoms with Crippen LogP contribution in [0.15, 0.2) is 28.1 Å². The van der Waals surface area contributed by atoms with E-state index in [1.165, 1.54) is 10.1 Å². The Hall–Kier alpha value is -0.540. The Labute approximate surface area is 83.1 Å². The number of thiophene rings is 1. The molecule has 1 heterocycles. The molecule has 0 amide bonds. The summed E-state index contributed by atoms with van der Waals surface area (Å²) in [5, 5.41) is 3.29. The second-order valence-corrected chi connectivity index (χ2v) is 4.18. The topological polar surface area (TPSA) is 9.23 Å². The lowest BCUT2D eigenvalue weighted by molar-refractivity contribution is 0.420. The van der Waals surface area contributed by atoms with Crippen molar-refractivity contribution in [1.82, 2.24) is 0 Å². The molecule has 0 atom stereocenters. The van der Waals surface area contributed by atoms with E-state index in [0.717, 1.165) is 10.2 Å². The molecule has 12 heavy (non-hydrogen) atoms. The van der Waals surface area contributed by atoms with Crippen molar-refractivity contribution in [2.24, 2.45) is 0 Å². The number of rotatable bonds is 1. The first-order valence-corrected chi connectivity index (χ1v) is 5.20. The molecule has 0 radical (unpaired) electrons. The monoisotopic (exact) mass is 242 g/mol. The lowest BCUT2D eigenvalue weighted by Crippen LogP contribution is -1.81. The van der Waals surface area contributed by atoms with Crippen molar-refractivity contribution < 1.29 is 4.74 Å². The van der Waals surface area contributed by atoms with Gasteiger partial charge in [-0.15, -0.1) is 11.3 Å². The maximum Gasteiger partial charge on any atom is 0.136 e. The van der Waals surface area contributed by atoms with E-state index in [-0.39, 0.29) is 0 Å². The van der Waals surface area contributed by atoms with Gasteiger partial charge in [-0.25, -0.2) is 0 Å². The molecule has 0 aliphatic rings. The Morgan fingerprint density at radius 3 is 2.92 bits per heavy atom. The standard InChI is InChI=1S/C9H7BrOS/c1-11-8-3-2-7(10)6-4-5-12-9(6)8/h2-5H,1H3. The van der Waals surface area contributed by atoms with Crippen molar-refractivity contribution in [2.75, 3.05) is 7.11 Å². The quantitative estimate of drug-likeness (QED) is 0.742. The molecule has 0 spiro atoms. The highest BCUT2D eigenvalue weighted by atomic mass is 79.9. The smallest absolute Gasteiger partial charge is 0.136 e. The van der Waals surface area contributed by atoms with Crippen LogP contribution in [0, 0.1) is 0 Å². The molecule has 3 heteroatoms. The van der Waals surface area contributed by atoms with Gasteiger partial charge in [0.2, 0.25) is 0 Å². The summed E-state index contributed by atoms with van der Waals surface area (Å²) in [6, 6.07) is 6.07. The molecule has 2 aromatic rings. The highest BCUT2D eigenvalue weighted by Gasteiger charge is 2.04. The predicted octanol–water partition coefficient (Wildman–Crippen LogP) is 3.67. The van der Waals surface area contributed by atoms with Gasteiger partial charge in [0.15, 0.2) is 0 Å². The molecular weight excluding hydrogens is 236 g/mol. The summed E-state index contributed by atoms with van der Waals surface area (Å²) in [6.45, 7) is 0. The summed E-state index contributed by atoms with van der Waals surface area (Å²) in [5.41, 5.74) is 0. The van der Waals surface area contributed by atoms with Crippen LogP contribution < -0.4 is 4.74 Å². The summed E-state index contributed by atoms with van der Waals surface area (Å²) < 4.78 is 7.56. The number of halogens is 1. The van der Waals surface area contributed by atoms with Crippen LogP contribution in [0.1, 0.15) is 0 Å². The van der Waals surface area contributed by atoms with Gasteiger partial charge < -0.3 is 4.74 Å². The SMILES string of the molecule is COc1ccc(Br)c2ccsc12. The minimum atomic E-state index is 0.947. The molecule has 0 aliphatic heterocycles. The molecule has 0 unspecified atom stereocenters. The maximum absolute atomic E-state index is 5.23. The number of hydrogen-bond donors (Lipinski definition) is 0. The van der Waals surface area contributed by atoms with Gasteiger partial charge in [-0.3, -0.25) is 0 Å². The minimum absolute atomic E-state index is 0.947. The van der Waals surface area contributed by atoms with Gasteiger partial charge in [0.05, 0.1) is 11.8 Å². The Balaban J connectivity index is 2.82. The average Bonchev–Trinajstić information content (AvgIpc) is 2.54. The largest absolute Gasteiger partial charge is 0.495 e. The second kappa shape index (κ2) is 3.07. The van der Waals surface area contributed by atoms with E-state index in [1.807, 2.05) is 12.1 Å². The van der Waals surface area contributed by atoms with E-state index in [9.17, 15) is 0 Å². The van der Waals surface area contributed by atoms with Crippen molar-refractivity contribution in [2.45, 2.75) is 0 Å². The molecule has 2 rings (SSSR count).